The first-order valence-electron chi connectivity index (χ1n) is 6.57. The number of halogens is 2. The van der Waals surface area contributed by atoms with Gasteiger partial charge in [0, 0.05) is 42.4 Å². The fourth-order valence-corrected chi connectivity index (χ4v) is 1.98. The Hall–Kier alpha value is -0.940. The minimum absolute atomic E-state index is 0.395. The fourth-order valence-electron chi connectivity index (χ4n) is 1.68. The van der Waals surface area contributed by atoms with Crippen molar-refractivity contribution in [3.8, 4) is 11.5 Å². The first-order chi connectivity index (χ1) is 10.1. The average molecular weight is 334 g/mol. The Morgan fingerprint density at radius 3 is 2.71 bits per heavy atom. The average Bonchev–Trinajstić information content (AvgIpc) is 2.49. The van der Waals surface area contributed by atoms with E-state index in [9.17, 15) is 0 Å². The molecule has 1 aromatic carbocycles. The van der Waals surface area contributed by atoms with Crippen LogP contribution in [0.15, 0.2) is 23.2 Å². The second-order valence-corrected chi connectivity index (χ2v) is 5.16. The molecule has 1 aromatic rings. The van der Waals surface area contributed by atoms with Crippen LogP contribution < -0.4 is 14.8 Å². The fraction of sp³-hybridized carbons (Fsp3) is 0.467. The van der Waals surface area contributed by atoms with E-state index in [1.807, 2.05) is 13.0 Å². The van der Waals surface area contributed by atoms with Crippen LogP contribution in [0.2, 0.25) is 5.02 Å². The number of rotatable bonds is 9. The van der Waals surface area contributed by atoms with Crippen molar-refractivity contribution in [3.05, 3.63) is 33.8 Å². The van der Waals surface area contributed by atoms with Crippen LogP contribution in [0.5, 0.6) is 11.5 Å². The third kappa shape index (κ3) is 6.14. The van der Waals surface area contributed by atoms with Gasteiger partial charge in [0.05, 0.1) is 13.7 Å². The maximum Gasteiger partial charge on any atom is 0.166 e. The van der Waals surface area contributed by atoms with Gasteiger partial charge in [0.25, 0.3) is 0 Å². The molecule has 0 bridgehead atoms. The molecule has 0 heterocycles. The molecule has 0 saturated carbocycles. The van der Waals surface area contributed by atoms with Crippen molar-refractivity contribution in [3.63, 3.8) is 0 Å². The summed E-state index contributed by atoms with van der Waals surface area (Å²) in [5.41, 5.74) is 3.35. The summed E-state index contributed by atoms with van der Waals surface area (Å²) in [6, 6.07) is 3.59. The van der Waals surface area contributed by atoms with Crippen LogP contribution in [-0.2, 0) is 11.3 Å². The van der Waals surface area contributed by atoms with E-state index in [-0.39, 0.29) is 0 Å². The zero-order valence-corrected chi connectivity index (χ0v) is 14.1. The minimum Gasteiger partial charge on any atom is -0.493 e. The number of hydrogen-bond acceptors (Lipinski definition) is 4. The van der Waals surface area contributed by atoms with Crippen molar-refractivity contribution in [1.29, 1.82) is 0 Å². The lowest BCUT2D eigenvalue weighted by Gasteiger charge is -2.16. The summed E-state index contributed by atoms with van der Waals surface area (Å²) in [6.45, 7) is 4.28. The Morgan fingerprint density at radius 2 is 2.10 bits per heavy atom. The van der Waals surface area contributed by atoms with Crippen LogP contribution in [0.25, 0.3) is 0 Å². The highest BCUT2D eigenvalue weighted by atomic mass is 35.5. The van der Waals surface area contributed by atoms with E-state index >= 15 is 0 Å². The van der Waals surface area contributed by atoms with Gasteiger partial charge >= 0.3 is 0 Å². The van der Waals surface area contributed by atoms with Crippen molar-refractivity contribution in [1.82, 2.24) is 5.32 Å². The Kier molecular flexibility index (Phi) is 8.54. The van der Waals surface area contributed by atoms with Gasteiger partial charge in [-0.2, -0.15) is 0 Å². The quantitative estimate of drug-likeness (QED) is 0.701. The van der Waals surface area contributed by atoms with Crippen LogP contribution in [0.4, 0.5) is 0 Å². The molecule has 118 valence electrons. The number of ether oxygens (including phenoxy) is 3. The van der Waals surface area contributed by atoms with Crippen molar-refractivity contribution in [2.75, 3.05) is 34.0 Å². The van der Waals surface area contributed by atoms with Crippen molar-refractivity contribution < 1.29 is 14.2 Å². The molecule has 1 rings (SSSR count). The second-order valence-electron chi connectivity index (χ2n) is 4.51. The normalized spacial score (nSPS) is 11.6. The highest BCUT2D eigenvalue weighted by Crippen LogP contribution is 2.35. The van der Waals surface area contributed by atoms with Gasteiger partial charge in [-0.15, -0.1) is 0 Å². The van der Waals surface area contributed by atoms with Crippen LogP contribution in [0.1, 0.15) is 12.5 Å². The number of hydrogen-bond donors (Lipinski definition) is 1. The number of nitrogens with one attached hydrogen (secondary N) is 1. The highest BCUT2D eigenvalue weighted by molar-refractivity contribution is 6.30. The van der Waals surface area contributed by atoms with E-state index in [1.165, 1.54) is 5.54 Å². The lowest BCUT2D eigenvalue weighted by atomic mass is 10.1. The lowest BCUT2D eigenvalue weighted by molar-refractivity contribution is 0.199. The second kappa shape index (κ2) is 9.90. The first kappa shape index (κ1) is 18.1. The monoisotopic (exact) mass is 333 g/mol. The molecule has 1 N–H and O–H groups in total. The molecule has 0 saturated heterocycles. The van der Waals surface area contributed by atoms with Crippen LogP contribution >= 0.6 is 23.2 Å². The molecule has 4 nitrogen and oxygen atoms in total. The molecule has 0 amide bonds. The maximum absolute atomic E-state index is 6.11. The predicted octanol–water partition coefficient (Wildman–Crippen LogP) is 3.61. The van der Waals surface area contributed by atoms with E-state index < -0.39 is 0 Å². The smallest absolute Gasteiger partial charge is 0.166 e. The topological polar surface area (TPSA) is 39.7 Å². The Balaban J connectivity index is 2.88. The molecule has 0 atom stereocenters. The lowest BCUT2D eigenvalue weighted by Crippen LogP contribution is -2.19. The zero-order valence-electron chi connectivity index (χ0n) is 12.5. The third-order valence-electron chi connectivity index (χ3n) is 2.75. The largest absolute Gasteiger partial charge is 0.493 e. The van der Waals surface area contributed by atoms with E-state index in [0.29, 0.717) is 36.3 Å². The van der Waals surface area contributed by atoms with Crippen LogP contribution in [0, 0.1) is 0 Å². The van der Waals surface area contributed by atoms with Gasteiger partial charge in [-0.1, -0.05) is 23.2 Å². The minimum atomic E-state index is 0.395. The summed E-state index contributed by atoms with van der Waals surface area (Å²) < 4.78 is 16.2. The molecule has 0 aliphatic heterocycles. The summed E-state index contributed by atoms with van der Waals surface area (Å²) in [4.78, 5) is 0. The van der Waals surface area contributed by atoms with E-state index in [0.717, 1.165) is 17.7 Å². The molecule has 0 radical (unpaired) electrons. The van der Waals surface area contributed by atoms with Gasteiger partial charge in [0.2, 0.25) is 0 Å². The molecule has 0 unspecified atom stereocenters. The van der Waals surface area contributed by atoms with Gasteiger partial charge in [0.15, 0.2) is 11.5 Å². The zero-order chi connectivity index (χ0) is 15.7. The molecular formula is C15H21Cl2NO3. The first-order valence-corrected chi connectivity index (χ1v) is 7.38. The standard InChI is InChI=1S/C15H21Cl2NO3/c1-11(8-16)10-21-15-12(9-18-4-5-19-2)6-13(17)7-14(15)20-3/h6-8,18H,4-5,9-10H2,1-3H3/b11-8+. The van der Waals surface area contributed by atoms with Gasteiger partial charge in [-0.05, 0) is 18.6 Å². The van der Waals surface area contributed by atoms with E-state index in [4.69, 9.17) is 37.4 Å². The molecule has 0 aromatic heterocycles. The molecule has 0 aliphatic rings. The van der Waals surface area contributed by atoms with Gasteiger partial charge in [0.1, 0.15) is 6.61 Å². The molecule has 21 heavy (non-hydrogen) atoms. The maximum atomic E-state index is 6.11. The van der Waals surface area contributed by atoms with Gasteiger partial charge in [-0.3, -0.25) is 0 Å². The summed E-state index contributed by atoms with van der Waals surface area (Å²) >= 11 is 11.8. The van der Waals surface area contributed by atoms with E-state index in [2.05, 4.69) is 5.32 Å². The summed E-state index contributed by atoms with van der Waals surface area (Å²) in [5, 5.41) is 3.87. The molecule has 0 aliphatic carbocycles. The van der Waals surface area contributed by atoms with Crippen molar-refractivity contribution in [2.45, 2.75) is 13.5 Å². The third-order valence-corrected chi connectivity index (χ3v) is 3.34. The van der Waals surface area contributed by atoms with Crippen molar-refractivity contribution in [2.24, 2.45) is 0 Å². The Morgan fingerprint density at radius 1 is 1.33 bits per heavy atom. The van der Waals surface area contributed by atoms with Crippen molar-refractivity contribution >= 4 is 23.2 Å². The molecule has 0 spiro atoms. The van der Waals surface area contributed by atoms with E-state index in [1.54, 1.807) is 20.3 Å². The number of methoxy groups -OCH3 is 2. The van der Waals surface area contributed by atoms with Crippen LogP contribution in [0.3, 0.4) is 0 Å². The Labute approximate surface area is 136 Å². The molecule has 0 fully saturated rings. The van der Waals surface area contributed by atoms with Gasteiger partial charge in [-0.25, -0.2) is 0 Å². The number of benzene rings is 1. The predicted molar refractivity (Wildman–Crippen MR) is 86.7 cm³/mol. The summed E-state index contributed by atoms with van der Waals surface area (Å²) in [6.07, 6.45) is 0. The highest BCUT2D eigenvalue weighted by Gasteiger charge is 2.13. The molecular weight excluding hydrogens is 313 g/mol. The van der Waals surface area contributed by atoms with Crippen LogP contribution in [-0.4, -0.2) is 34.0 Å². The summed E-state index contributed by atoms with van der Waals surface area (Å²) in [7, 11) is 3.25. The molecule has 6 heteroatoms. The van der Waals surface area contributed by atoms with Gasteiger partial charge < -0.3 is 19.5 Å². The SMILES string of the molecule is COCCNCc1cc(Cl)cc(OC)c1OC/C(C)=C/Cl. The Bertz CT molecular complexity index is 478. The summed E-state index contributed by atoms with van der Waals surface area (Å²) in [5.74, 6) is 1.28.